The second-order valence-electron chi connectivity index (χ2n) is 5.36. The van der Waals surface area contributed by atoms with Crippen LogP contribution in [0.25, 0.3) is 0 Å². The lowest BCUT2D eigenvalue weighted by Gasteiger charge is -2.22. The molecule has 1 atom stereocenters. The van der Waals surface area contributed by atoms with Crippen LogP contribution in [0.2, 0.25) is 0 Å². The second-order valence-corrected chi connectivity index (χ2v) is 5.36. The van der Waals surface area contributed by atoms with E-state index in [9.17, 15) is 9.59 Å². The number of benzene rings is 1. The van der Waals surface area contributed by atoms with Crippen LogP contribution in [-0.2, 0) is 10.2 Å². The molecule has 0 bridgehead atoms. The van der Waals surface area contributed by atoms with Crippen LogP contribution >= 0.6 is 0 Å². The largest absolute Gasteiger partial charge is 0.479 e. The number of aliphatic hydroxyl groups is 1. The molecule has 1 rings (SSSR count). The van der Waals surface area contributed by atoms with E-state index in [0.29, 0.717) is 5.56 Å². The van der Waals surface area contributed by atoms with Crippen molar-refractivity contribution in [3.63, 3.8) is 0 Å². The molecular weight excluding hydrogens is 246 g/mol. The number of hydrogen-bond acceptors (Lipinski definition) is 3. The number of amides is 1. The molecule has 0 aliphatic rings. The minimum absolute atomic E-state index is 0.195. The Morgan fingerprint density at radius 2 is 1.84 bits per heavy atom. The van der Waals surface area contributed by atoms with Gasteiger partial charge in [-0.25, -0.2) is 4.79 Å². The maximum Gasteiger partial charge on any atom is 0.334 e. The van der Waals surface area contributed by atoms with Crippen molar-refractivity contribution in [2.45, 2.75) is 32.3 Å². The number of carboxylic acid groups (broad SMARTS) is 1. The molecule has 0 radical (unpaired) electrons. The molecule has 0 aromatic heterocycles. The van der Waals surface area contributed by atoms with Gasteiger partial charge in [-0.15, -0.1) is 0 Å². The summed E-state index contributed by atoms with van der Waals surface area (Å²) in [5.74, 6) is -1.74. The Hall–Kier alpha value is -1.88. The topological polar surface area (TPSA) is 86.6 Å². The molecule has 1 aromatic carbocycles. The molecule has 0 unspecified atom stereocenters. The van der Waals surface area contributed by atoms with Crippen LogP contribution < -0.4 is 5.32 Å². The number of carboxylic acids is 1. The van der Waals surface area contributed by atoms with Crippen molar-refractivity contribution in [3.8, 4) is 0 Å². The summed E-state index contributed by atoms with van der Waals surface area (Å²) >= 11 is 0. The molecule has 0 aliphatic carbocycles. The highest BCUT2D eigenvalue weighted by Crippen LogP contribution is 2.25. The molecule has 0 aliphatic heterocycles. The molecule has 19 heavy (non-hydrogen) atoms. The first-order valence-corrected chi connectivity index (χ1v) is 6.02. The smallest absolute Gasteiger partial charge is 0.334 e. The zero-order valence-corrected chi connectivity index (χ0v) is 11.3. The van der Waals surface area contributed by atoms with E-state index < -0.39 is 12.1 Å². The van der Waals surface area contributed by atoms with Gasteiger partial charge in [-0.05, 0) is 17.0 Å². The van der Waals surface area contributed by atoms with E-state index in [1.807, 2.05) is 32.9 Å². The van der Waals surface area contributed by atoms with Gasteiger partial charge < -0.3 is 15.5 Å². The van der Waals surface area contributed by atoms with Gasteiger partial charge in [0.1, 0.15) is 0 Å². The predicted octanol–water partition coefficient (Wildman–Crippen LogP) is 1.16. The number of aliphatic carboxylic acids is 1. The normalized spacial score (nSPS) is 12.8. The lowest BCUT2D eigenvalue weighted by molar-refractivity contribution is -0.146. The summed E-state index contributed by atoms with van der Waals surface area (Å²) < 4.78 is 0. The van der Waals surface area contributed by atoms with Gasteiger partial charge in [-0.3, -0.25) is 4.79 Å². The summed E-state index contributed by atoms with van der Waals surface area (Å²) in [6, 6.07) is 7.15. The van der Waals surface area contributed by atoms with E-state index in [1.54, 1.807) is 12.1 Å². The van der Waals surface area contributed by atoms with Crippen LogP contribution in [-0.4, -0.2) is 34.7 Å². The van der Waals surface area contributed by atoms with E-state index in [0.717, 1.165) is 5.56 Å². The fourth-order valence-corrected chi connectivity index (χ4v) is 1.71. The Kier molecular flexibility index (Phi) is 4.67. The van der Waals surface area contributed by atoms with Gasteiger partial charge in [-0.2, -0.15) is 0 Å². The Morgan fingerprint density at radius 3 is 2.37 bits per heavy atom. The standard InChI is InChI=1S/C14H19NO4/c1-14(2,3)10-7-5-4-6-9(10)12(17)15-8-11(16)13(18)19/h4-7,11,16H,8H2,1-3H3,(H,15,17)(H,18,19)/t11-/m0/s1. The molecular formula is C14H19NO4. The molecule has 5 heteroatoms. The van der Waals surface area contributed by atoms with Gasteiger partial charge in [0.25, 0.3) is 5.91 Å². The van der Waals surface area contributed by atoms with Crippen LogP contribution in [0.5, 0.6) is 0 Å². The molecule has 0 heterocycles. The highest BCUT2D eigenvalue weighted by molar-refractivity contribution is 5.96. The highest BCUT2D eigenvalue weighted by Gasteiger charge is 2.22. The van der Waals surface area contributed by atoms with Gasteiger partial charge >= 0.3 is 5.97 Å². The highest BCUT2D eigenvalue weighted by atomic mass is 16.4. The van der Waals surface area contributed by atoms with Gasteiger partial charge in [0, 0.05) is 5.56 Å². The molecule has 0 fully saturated rings. The van der Waals surface area contributed by atoms with Crippen LogP contribution in [0.15, 0.2) is 24.3 Å². The zero-order chi connectivity index (χ0) is 14.6. The summed E-state index contributed by atoms with van der Waals surface area (Å²) in [4.78, 5) is 22.5. The Morgan fingerprint density at radius 1 is 1.26 bits per heavy atom. The Bertz CT molecular complexity index is 477. The summed E-state index contributed by atoms with van der Waals surface area (Å²) in [5.41, 5.74) is 1.17. The van der Waals surface area contributed by atoms with Crippen LogP contribution in [0.3, 0.4) is 0 Å². The second kappa shape index (κ2) is 5.84. The Balaban J connectivity index is 2.86. The van der Waals surface area contributed by atoms with Crippen molar-refractivity contribution in [2.75, 3.05) is 6.54 Å². The predicted molar refractivity (Wildman–Crippen MR) is 71.1 cm³/mol. The molecule has 0 saturated carbocycles. The zero-order valence-electron chi connectivity index (χ0n) is 11.3. The monoisotopic (exact) mass is 265 g/mol. The van der Waals surface area contributed by atoms with Crippen molar-refractivity contribution in [3.05, 3.63) is 35.4 Å². The van der Waals surface area contributed by atoms with E-state index in [-0.39, 0.29) is 17.9 Å². The Labute approximate surface area is 112 Å². The number of nitrogens with one attached hydrogen (secondary N) is 1. The van der Waals surface area contributed by atoms with Crippen molar-refractivity contribution < 1.29 is 19.8 Å². The van der Waals surface area contributed by atoms with E-state index in [2.05, 4.69) is 5.32 Å². The number of hydrogen-bond donors (Lipinski definition) is 3. The number of rotatable bonds is 4. The lowest BCUT2D eigenvalue weighted by atomic mass is 9.83. The molecule has 0 spiro atoms. The molecule has 3 N–H and O–H groups in total. The first-order valence-electron chi connectivity index (χ1n) is 6.02. The van der Waals surface area contributed by atoms with E-state index >= 15 is 0 Å². The van der Waals surface area contributed by atoms with E-state index in [4.69, 9.17) is 10.2 Å². The van der Waals surface area contributed by atoms with Crippen LogP contribution in [0.1, 0.15) is 36.7 Å². The molecule has 0 saturated heterocycles. The molecule has 5 nitrogen and oxygen atoms in total. The van der Waals surface area contributed by atoms with Crippen LogP contribution in [0.4, 0.5) is 0 Å². The molecule has 104 valence electrons. The number of carbonyl (C=O) groups excluding carboxylic acids is 1. The fraction of sp³-hybridized carbons (Fsp3) is 0.429. The first-order chi connectivity index (χ1) is 8.73. The third-order valence-corrected chi connectivity index (χ3v) is 2.72. The average Bonchev–Trinajstić information content (AvgIpc) is 2.34. The van der Waals surface area contributed by atoms with Crippen molar-refractivity contribution in [2.24, 2.45) is 0 Å². The minimum Gasteiger partial charge on any atom is -0.479 e. The van der Waals surface area contributed by atoms with Crippen molar-refractivity contribution >= 4 is 11.9 Å². The maximum absolute atomic E-state index is 12.0. The van der Waals surface area contributed by atoms with Gasteiger partial charge in [0.15, 0.2) is 6.10 Å². The van der Waals surface area contributed by atoms with Gasteiger partial charge in [0.2, 0.25) is 0 Å². The number of carbonyl (C=O) groups is 2. The summed E-state index contributed by atoms with van der Waals surface area (Å²) in [7, 11) is 0. The molecule has 1 aromatic rings. The fourth-order valence-electron chi connectivity index (χ4n) is 1.71. The lowest BCUT2D eigenvalue weighted by Crippen LogP contribution is -2.37. The number of aliphatic hydroxyl groups excluding tert-OH is 1. The summed E-state index contributed by atoms with van der Waals surface area (Å²) in [5, 5.41) is 20.1. The summed E-state index contributed by atoms with van der Waals surface area (Å²) in [6.07, 6.45) is -1.59. The van der Waals surface area contributed by atoms with Crippen molar-refractivity contribution in [1.82, 2.24) is 5.32 Å². The average molecular weight is 265 g/mol. The van der Waals surface area contributed by atoms with Crippen molar-refractivity contribution in [1.29, 1.82) is 0 Å². The maximum atomic E-state index is 12.0. The minimum atomic E-state index is -1.59. The third kappa shape index (κ3) is 4.06. The van der Waals surface area contributed by atoms with Gasteiger partial charge in [-0.1, -0.05) is 39.0 Å². The van der Waals surface area contributed by atoms with Gasteiger partial charge in [0.05, 0.1) is 6.54 Å². The van der Waals surface area contributed by atoms with Crippen LogP contribution in [0, 0.1) is 0 Å². The quantitative estimate of drug-likeness (QED) is 0.762. The molecule has 1 amide bonds. The van der Waals surface area contributed by atoms with E-state index in [1.165, 1.54) is 0 Å². The first kappa shape index (κ1) is 15.2. The summed E-state index contributed by atoms with van der Waals surface area (Å²) in [6.45, 7) is 5.66. The SMILES string of the molecule is CC(C)(C)c1ccccc1C(=O)NC[C@H](O)C(=O)O. The third-order valence-electron chi connectivity index (χ3n) is 2.72.